The second-order valence-electron chi connectivity index (χ2n) is 3.16. The smallest absolute Gasteiger partial charge is 0.320 e. The first kappa shape index (κ1) is 14.9. The Kier molecular flexibility index (Phi) is 10.3. The quantitative estimate of drug-likeness (QED) is 0.394. The number of rotatable bonds is 9. The van der Waals surface area contributed by atoms with E-state index < -0.39 is 0 Å². The molecule has 0 aliphatic carbocycles. The van der Waals surface area contributed by atoms with Crippen molar-refractivity contribution in [1.82, 2.24) is 5.32 Å². The van der Waals surface area contributed by atoms with Gasteiger partial charge in [-0.3, -0.25) is 4.79 Å². The van der Waals surface area contributed by atoms with Crippen molar-refractivity contribution in [1.29, 1.82) is 0 Å². The predicted octanol–water partition coefficient (Wildman–Crippen LogP) is 1.33. The van der Waals surface area contributed by atoms with Gasteiger partial charge in [0.05, 0.1) is 7.11 Å². The van der Waals surface area contributed by atoms with Gasteiger partial charge in [0.15, 0.2) is 0 Å². The van der Waals surface area contributed by atoms with E-state index in [-0.39, 0.29) is 10.8 Å². The molecule has 4 nitrogen and oxygen atoms in total. The van der Waals surface area contributed by atoms with Crippen LogP contribution in [0.1, 0.15) is 19.8 Å². The molecule has 0 aliphatic heterocycles. The fourth-order valence-electron chi connectivity index (χ4n) is 0.986. The summed E-state index contributed by atoms with van der Waals surface area (Å²) in [6.45, 7) is 5.11. The van der Waals surface area contributed by atoms with Crippen LogP contribution in [0.3, 0.4) is 0 Å². The summed E-state index contributed by atoms with van der Waals surface area (Å²) >= 11 is 3.23. The fourth-order valence-corrected chi connectivity index (χ4v) is 1.40. The average Bonchev–Trinajstić information content (AvgIpc) is 2.26. The molecule has 0 aromatic rings. The molecular formula is C10H20BrNO3. The van der Waals surface area contributed by atoms with Gasteiger partial charge in [-0.2, -0.15) is 0 Å². The van der Waals surface area contributed by atoms with Gasteiger partial charge in [-0.15, -0.1) is 0 Å². The normalized spacial score (nSPS) is 12.5. The van der Waals surface area contributed by atoms with Gasteiger partial charge in [0, 0.05) is 19.8 Å². The molecule has 1 N–H and O–H groups in total. The second kappa shape index (κ2) is 10.4. The first-order valence-corrected chi connectivity index (χ1v) is 6.14. The molecule has 1 unspecified atom stereocenters. The molecule has 0 amide bonds. The number of esters is 1. The number of alkyl halides is 1. The van der Waals surface area contributed by atoms with Gasteiger partial charge >= 0.3 is 5.97 Å². The molecule has 0 spiro atoms. The number of hydrogen-bond acceptors (Lipinski definition) is 4. The van der Waals surface area contributed by atoms with Gasteiger partial charge < -0.3 is 14.8 Å². The zero-order chi connectivity index (χ0) is 11.5. The van der Waals surface area contributed by atoms with Crippen molar-refractivity contribution in [2.24, 2.45) is 0 Å². The van der Waals surface area contributed by atoms with E-state index >= 15 is 0 Å². The van der Waals surface area contributed by atoms with E-state index in [2.05, 4.69) is 32.9 Å². The zero-order valence-corrected chi connectivity index (χ0v) is 11.0. The summed E-state index contributed by atoms with van der Waals surface area (Å²) < 4.78 is 9.89. The van der Waals surface area contributed by atoms with Crippen LogP contribution in [0.5, 0.6) is 0 Å². The Hall–Kier alpha value is -0.130. The molecule has 90 valence electrons. The Morgan fingerprint density at radius 2 is 2.20 bits per heavy atom. The first-order valence-electron chi connectivity index (χ1n) is 5.22. The van der Waals surface area contributed by atoms with E-state index in [1.165, 1.54) is 7.11 Å². The van der Waals surface area contributed by atoms with Crippen LogP contribution in [-0.2, 0) is 14.3 Å². The third-order valence-corrected chi connectivity index (χ3v) is 2.47. The Balaban J connectivity index is 3.20. The van der Waals surface area contributed by atoms with Crippen LogP contribution in [0, 0.1) is 0 Å². The van der Waals surface area contributed by atoms with Gasteiger partial charge in [-0.1, -0.05) is 22.9 Å². The van der Waals surface area contributed by atoms with Crippen LogP contribution in [-0.4, -0.2) is 44.2 Å². The van der Waals surface area contributed by atoms with Crippen molar-refractivity contribution in [3.63, 3.8) is 0 Å². The Bertz CT molecular complexity index is 167. The molecule has 5 heteroatoms. The van der Waals surface area contributed by atoms with E-state index in [1.807, 2.05) is 0 Å². The Morgan fingerprint density at radius 1 is 1.47 bits per heavy atom. The third kappa shape index (κ3) is 8.84. The van der Waals surface area contributed by atoms with Gasteiger partial charge in [0.1, 0.15) is 4.83 Å². The molecule has 0 radical (unpaired) electrons. The van der Waals surface area contributed by atoms with E-state index in [0.717, 1.165) is 32.6 Å². The van der Waals surface area contributed by atoms with Gasteiger partial charge in [0.2, 0.25) is 0 Å². The molecule has 0 fully saturated rings. The molecule has 0 saturated carbocycles. The van der Waals surface area contributed by atoms with Crippen LogP contribution in [0.2, 0.25) is 0 Å². The summed E-state index contributed by atoms with van der Waals surface area (Å²) in [5.41, 5.74) is 0. The van der Waals surface area contributed by atoms with Crippen LogP contribution in [0.25, 0.3) is 0 Å². The summed E-state index contributed by atoms with van der Waals surface area (Å²) in [5, 5.41) is 3.15. The highest BCUT2D eigenvalue weighted by molar-refractivity contribution is 9.10. The van der Waals surface area contributed by atoms with Gasteiger partial charge in [0.25, 0.3) is 0 Å². The maximum atomic E-state index is 11.0. The molecule has 0 saturated heterocycles. The molecular weight excluding hydrogens is 262 g/mol. The van der Waals surface area contributed by atoms with E-state index in [1.54, 1.807) is 0 Å². The molecule has 1 atom stereocenters. The SMILES string of the molecule is CCCOCCCNCC(Br)C(=O)OC. The highest BCUT2D eigenvalue weighted by atomic mass is 79.9. The monoisotopic (exact) mass is 281 g/mol. The Morgan fingerprint density at radius 3 is 2.80 bits per heavy atom. The molecule has 0 aliphatic rings. The Labute approximate surface area is 99.8 Å². The summed E-state index contributed by atoms with van der Waals surface area (Å²) in [6.07, 6.45) is 2.01. The van der Waals surface area contributed by atoms with E-state index in [0.29, 0.717) is 6.54 Å². The van der Waals surface area contributed by atoms with Gasteiger partial charge in [-0.25, -0.2) is 0 Å². The van der Waals surface area contributed by atoms with Crippen molar-refractivity contribution in [2.75, 3.05) is 33.4 Å². The highest BCUT2D eigenvalue weighted by Gasteiger charge is 2.13. The van der Waals surface area contributed by atoms with Gasteiger partial charge in [-0.05, 0) is 19.4 Å². The lowest BCUT2D eigenvalue weighted by atomic mass is 10.4. The maximum absolute atomic E-state index is 11.0. The van der Waals surface area contributed by atoms with E-state index in [9.17, 15) is 4.79 Å². The topological polar surface area (TPSA) is 47.6 Å². The predicted molar refractivity (Wildman–Crippen MR) is 63.3 cm³/mol. The number of ether oxygens (including phenoxy) is 2. The molecule has 0 heterocycles. The molecule has 15 heavy (non-hydrogen) atoms. The van der Waals surface area contributed by atoms with Crippen molar-refractivity contribution in [3.05, 3.63) is 0 Å². The fraction of sp³-hybridized carbons (Fsp3) is 0.900. The van der Waals surface area contributed by atoms with Crippen molar-refractivity contribution in [2.45, 2.75) is 24.6 Å². The second-order valence-corrected chi connectivity index (χ2v) is 4.27. The number of hydrogen-bond donors (Lipinski definition) is 1. The number of carbonyl (C=O) groups is 1. The van der Waals surface area contributed by atoms with Crippen LogP contribution in [0.4, 0.5) is 0 Å². The summed E-state index contributed by atoms with van der Waals surface area (Å²) in [6, 6.07) is 0. The summed E-state index contributed by atoms with van der Waals surface area (Å²) in [5.74, 6) is -0.246. The highest BCUT2D eigenvalue weighted by Crippen LogP contribution is 1.99. The van der Waals surface area contributed by atoms with Crippen molar-refractivity contribution >= 4 is 21.9 Å². The molecule has 0 rings (SSSR count). The van der Waals surface area contributed by atoms with Crippen molar-refractivity contribution in [3.8, 4) is 0 Å². The number of carbonyl (C=O) groups excluding carboxylic acids is 1. The van der Waals surface area contributed by atoms with E-state index in [4.69, 9.17) is 4.74 Å². The number of halogens is 1. The van der Waals surface area contributed by atoms with Crippen LogP contribution < -0.4 is 5.32 Å². The van der Waals surface area contributed by atoms with Crippen LogP contribution >= 0.6 is 15.9 Å². The molecule has 0 aromatic carbocycles. The lowest BCUT2D eigenvalue weighted by Crippen LogP contribution is -2.30. The average molecular weight is 282 g/mol. The minimum atomic E-state index is -0.265. The van der Waals surface area contributed by atoms with Crippen LogP contribution in [0.15, 0.2) is 0 Å². The van der Waals surface area contributed by atoms with Crippen molar-refractivity contribution < 1.29 is 14.3 Å². The minimum Gasteiger partial charge on any atom is -0.468 e. The summed E-state index contributed by atoms with van der Waals surface area (Å²) in [4.78, 5) is 10.7. The maximum Gasteiger partial charge on any atom is 0.320 e. The lowest BCUT2D eigenvalue weighted by Gasteiger charge is -2.09. The standard InChI is InChI=1S/C10H20BrNO3/c1-3-6-15-7-4-5-12-8-9(11)10(13)14-2/h9,12H,3-8H2,1-2H3. The summed E-state index contributed by atoms with van der Waals surface area (Å²) in [7, 11) is 1.38. The lowest BCUT2D eigenvalue weighted by molar-refractivity contribution is -0.139. The number of methoxy groups -OCH3 is 1. The third-order valence-electron chi connectivity index (χ3n) is 1.77. The largest absolute Gasteiger partial charge is 0.468 e. The minimum absolute atomic E-state index is 0.246. The molecule has 0 bridgehead atoms. The first-order chi connectivity index (χ1) is 7.22. The number of nitrogens with one attached hydrogen (secondary N) is 1. The molecule has 0 aromatic heterocycles. The zero-order valence-electron chi connectivity index (χ0n) is 9.42.